The van der Waals surface area contributed by atoms with Crippen molar-refractivity contribution < 1.29 is 5.11 Å². The van der Waals surface area contributed by atoms with E-state index in [9.17, 15) is 5.11 Å². The highest BCUT2D eigenvalue weighted by Crippen LogP contribution is 2.26. The summed E-state index contributed by atoms with van der Waals surface area (Å²) in [6, 6.07) is 5.48. The molecule has 0 unspecified atom stereocenters. The van der Waals surface area contributed by atoms with Crippen molar-refractivity contribution in [2.45, 2.75) is 25.8 Å². The van der Waals surface area contributed by atoms with Crippen molar-refractivity contribution in [3.63, 3.8) is 0 Å². The third-order valence-corrected chi connectivity index (χ3v) is 4.26. The van der Waals surface area contributed by atoms with Crippen molar-refractivity contribution in [1.29, 1.82) is 0 Å². The molecule has 0 aliphatic carbocycles. The third-order valence-electron chi connectivity index (χ3n) is 3.95. The summed E-state index contributed by atoms with van der Waals surface area (Å²) in [6.07, 6.45) is 3.83. The molecule has 4 heteroatoms. The summed E-state index contributed by atoms with van der Waals surface area (Å²) in [5.74, 6) is 1.05. The van der Waals surface area contributed by atoms with Crippen molar-refractivity contribution in [3.05, 3.63) is 28.8 Å². The molecule has 0 radical (unpaired) electrons. The number of likely N-dealkylation sites (tertiary alicyclic amines) is 1. The topological polar surface area (TPSA) is 35.5 Å². The Morgan fingerprint density at radius 3 is 2.84 bits per heavy atom. The zero-order valence-electron chi connectivity index (χ0n) is 11.5. The summed E-state index contributed by atoms with van der Waals surface area (Å²) in [5.41, 5.74) is 0.871. The molecule has 1 aliphatic heterocycles. The lowest BCUT2D eigenvalue weighted by atomic mass is 9.94. The Bertz CT molecular complexity index is 403. The number of piperidine rings is 1. The fourth-order valence-corrected chi connectivity index (χ4v) is 2.78. The predicted molar refractivity (Wildman–Crippen MR) is 79.7 cm³/mol. The van der Waals surface area contributed by atoms with E-state index in [1.54, 1.807) is 6.07 Å². The summed E-state index contributed by atoms with van der Waals surface area (Å²) >= 11 is 5.88. The molecular weight excluding hydrogens is 260 g/mol. The number of phenolic OH excluding ortho intramolecular Hbond substituents is 1. The number of nitrogens with zero attached hydrogens (tertiary/aromatic N) is 1. The monoisotopic (exact) mass is 282 g/mol. The van der Waals surface area contributed by atoms with Crippen LogP contribution in [-0.2, 0) is 6.54 Å². The summed E-state index contributed by atoms with van der Waals surface area (Å²) in [6.45, 7) is 4.12. The van der Waals surface area contributed by atoms with Gasteiger partial charge in [-0.15, -0.1) is 0 Å². The van der Waals surface area contributed by atoms with E-state index >= 15 is 0 Å². The van der Waals surface area contributed by atoms with Crippen LogP contribution in [0.15, 0.2) is 18.2 Å². The number of nitrogens with one attached hydrogen (secondary N) is 1. The van der Waals surface area contributed by atoms with E-state index < -0.39 is 0 Å². The zero-order valence-corrected chi connectivity index (χ0v) is 12.3. The Morgan fingerprint density at radius 2 is 2.11 bits per heavy atom. The first-order chi connectivity index (χ1) is 9.16. The molecule has 2 N–H and O–H groups in total. The van der Waals surface area contributed by atoms with Gasteiger partial charge in [0.15, 0.2) is 0 Å². The molecule has 19 heavy (non-hydrogen) atoms. The lowest BCUT2D eigenvalue weighted by Gasteiger charge is -2.28. The molecule has 0 spiro atoms. The normalized spacial score (nSPS) is 17.8. The van der Waals surface area contributed by atoms with E-state index in [2.05, 4.69) is 17.3 Å². The molecule has 3 nitrogen and oxygen atoms in total. The molecule has 2 rings (SSSR count). The van der Waals surface area contributed by atoms with Crippen LogP contribution in [0.25, 0.3) is 0 Å². The van der Waals surface area contributed by atoms with Gasteiger partial charge in [-0.2, -0.15) is 0 Å². The average Bonchev–Trinajstić information content (AvgIpc) is 2.41. The third kappa shape index (κ3) is 4.37. The minimum absolute atomic E-state index is 0.205. The number of hydrogen-bond acceptors (Lipinski definition) is 3. The molecule has 1 heterocycles. The molecule has 0 saturated carbocycles. The van der Waals surface area contributed by atoms with Crippen molar-refractivity contribution >= 4 is 11.6 Å². The maximum absolute atomic E-state index is 9.80. The van der Waals surface area contributed by atoms with Gasteiger partial charge in [-0.1, -0.05) is 23.7 Å². The van der Waals surface area contributed by atoms with Gasteiger partial charge in [0.2, 0.25) is 0 Å². The second-order valence-corrected chi connectivity index (χ2v) is 5.87. The first-order valence-electron chi connectivity index (χ1n) is 7.02. The molecule has 106 valence electrons. The van der Waals surface area contributed by atoms with E-state index in [-0.39, 0.29) is 5.75 Å². The van der Waals surface area contributed by atoms with Gasteiger partial charge in [0.05, 0.1) is 5.02 Å². The van der Waals surface area contributed by atoms with Crippen LogP contribution >= 0.6 is 11.6 Å². The number of hydrogen-bond donors (Lipinski definition) is 2. The maximum atomic E-state index is 9.80. The zero-order chi connectivity index (χ0) is 13.7. The van der Waals surface area contributed by atoms with Crippen LogP contribution < -0.4 is 5.32 Å². The highest BCUT2D eigenvalue weighted by Gasteiger charge is 2.15. The second-order valence-electron chi connectivity index (χ2n) is 5.46. The summed E-state index contributed by atoms with van der Waals surface area (Å²) < 4.78 is 0. The second kappa shape index (κ2) is 7.13. The van der Waals surface area contributed by atoms with E-state index in [1.807, 2.05) is 12.1 Å². The summed E-state index contributed by atoms with van der Waals surface area (Å²) in [5, 5.41) is 13.6. The van der Waals surface area contributed by atoms with Gasteiger partial charge in [-0.25, -0.2) is 0 Å². The molecule has 0 amide bonds. The molecule has 0 atom stereocenters. The first-order valence-corrected chi connectivity index (χ1v) is 7.40. The molecular formula is C15H23ClN2O. The lowest BCUT2D eigenvalue weighted by molar-refractivity contribution is 0.211. The van der Waals surface area contributed by atoms with Gasteiger partial charge in [0.1, 0.15) is 5.75 Å². The van der Waals surface area contributed by atoms with Gasteiger partial charge in [0, 0.05) is 12.1 Å². The molecule has 1 aromatic carbocycles. The Kier molecular flexibility index (Phi) is 5.49. The van der Waals surface area contributed by atoms with Crippen LogP contribution in [0, 0.1) is 5.92 Å². The van der Waals surface area contributed by atoms with E-state index in [0.717, 1.165) is 18.0 Å². The summed E-state index contributed by atoms with van der Waals surface area (Å²) in [7, 11) is 2.19. The maximum Gasteiger partial charge on any atom is 0.138 e. The van der Waals surface area contributed by atoms with Crippen molar-refractivity contribution in [1.82, 2.24) is 10.2 Å². The minimum Gasteiger partial charge on any atom is -0.506 e. The van der Waals surface area contributed by atoms with Crippen molar-refractivity contribution in [2.75, 3.05) is 26.7 Å². The number of aromatic hydroxyl groups is 1. The molecule has 0 aromatic heterocycles. The van der Waals surface area contributed by atoms with Gasteiger partial charge in [-0.05, 0) is 57.9 Å². The van der Waals surface area contributed by atoms with Crippen LogP contribution in [0.2, 0.25) is 5.02 Å². The van der Waals surface area contributed by atoms with E-state index in [1.165, 1.54) is 32.4 Å². The molecule has 1 aliphatic rings. The highest BCUT2D eigenvalue weighted by atomic mass is 35.5. The lowest BCUT2D eigenvalue weighted by Crippen LogP contribution is -2.31. The Hall–Kier alpha value is -0.770. The molecule has 1 fully saturated rings. The fourth-order valence-electron chi connectivity index (χ4n) is 2.58. The quantitative estimate of drug-likeness (QED) is 0.815. The number of para-hydroxylation sites is 1. The number of benzene rings is 1. The van der Waals surface area contributed by atoms with E-state index in [0.29, 0.717) is 11.6 Å². The average molecular weight is 283 g/mol. The molecule has 1 aromatic rings. The molecule has 0 bridgehead atoms. The van der Waals surface area contributed by atoms with E-state index in [4.69, 9.17) is 11.6 Å². The highest BCUT2D eigenvalue weighted by molar-refractivity contribution is 6.32. The van der Waals surface area contributed by atoms with Crippen LogP contribution in [0.4, 0.5) is 0 Å². The standard InChI is InChI=1S/C15H23ClN2O/c1-18-9-6-12(7-10-18)5-8-17-11-13-3-2-4-14(16)15(13)19/h2-4,12,17,19H,5-11H2,1H3. The predicted octanol–water partition coefficient (Wildman–Crippen LogP) is 2.87. The smallest absolute Gasteiger partial charge is 0.138 e. The van der Waals surface area contributed by atoms with Gasteiger partial charge >= 0.3 is 0 Å². The number of phenols is 1. The largest absolute Gasteiger partial charge is 0.506 e. The number of halogens is 1. The van der Waals surface area contributed by atoms with Crippen molar-refractivity contribution in [2.24, 2.45) is 5.92 Å². The molecule has 1 saturated heterocycles. The number of rotatable bonds is 5. The Morgan fingerprint density at radius 1 is 1.37 bits per heavy atom. The summed E-state index contributed by atoms with van der Waals surface area (Å²) in [4.78, 5) is 2.40. The Balaban J connectivity index is 1.68. The van der Waals surface area contributed by atoms with Crippen LogP contribution in [0.1, 0.15) is 24.8 Å². The van der Waals surface area contributed by atoms with Gasteiger partial charge < -0.3 is 15.3 Å². The first kappa shape index (κ1) is 14.6. The van der Waals surface area contributed by atoms with Crippen LogP contribution in [0.5, 0.6) is 5.75 Å². The van der Waals surface area contributed by atoms with Crippen molar-refractivity contribution in [3.8, 4) is 5.75 Å². The van der Waals surface area contributed by atoms with Crippen LogP contribution in [-0.4, -0.2) is 36.7 Å². The van der Waals surface area contributed by atoms with Gasteiger partial charge in [-0.3, -0.25) is 0 Å². The SMILES string of the molecule is CN1CCC(CCNCc2cccc(Cl)c2O)CC1. The Labute approximate surface area is 120 Å². The fraction of sp³-hybridized carbons (Fsp3) is 0.600. The van der Waals surface area contributed by atoms with Gasteiger partial charge in [0.25, 0.3) is 0 Å². The van der Waals surface area contributed by atoms with Crippen LogP contribution in [0.3, 0.4) is 0 Å². The minimum atomic E-state index is 0.205.